The number of H-pyrrole nitrogens is 1. The summed E-state index contributed by atoms with van der Waals surface area (Å²) in [5.41, 5.74) is 2.04. The molecule has 0 atom stereocenters. The number of carbonyl (C=O) groups is 2. The number of hydrogen-bond donors (Lipinski definition) is 4. The van der Waals surface area contributed by atoms with E-state index in [1.54, 1.807) is 42.5 Å². The fourth-order valence-electron chi connectivity index (χ4n) is 2.34. The summed E-state index contributed by atoms with van der Waals surface area (Å²) < 4.78 is 10.4. The van der Waals surface area contributed by atoms with Gasteiger partial charge in [0.15, 0.2) is 0 Å². The standard InChI is InChI=1S/C18H19N5O4/c1-3-19-17(24)20-11-4-6-12(7-5-11)27-13-8-9-14-15(10-13)22-16(21-14)23-18(25)26-2/h4-10H,3H2,1-2H3,(H2,19,20,24)(H2,21,22,23,25). The first-order valence-electron chi connectivity index (χ1n) is 8.25. The number of carbonyl (C=O) groups excluding carboxylic acids is 2. The summed E-state index contributed by atoms with van der Waals surface area (Å²) in [5, 5.41) is 7.85. The van der Waals surface area contributed by atoms with Crippen LogP contribution in [0.25, 0.3) is 11.0 Å². The van der Waals surface area contributed by atoms with Crippen molar-refractivity contribution in [1.82, 2.24) is 15.3 Å². The van der Waals surface area contributed by atoms with Crippen LogP contribution >= 0.6 is 0 Å². The fraction of sp³-hybridized carbons (Fsp3) is 0.167. The molecule has 0 spiro atoms. The number of urea groups is 1. The number of benzene rings is 2. The molecule has 0 radical (unpaired) electrons. The molecular weight excluding hydrogens is 350 g/mol. The van der Waals surface area contributed by atoms with Crippen LogP contribution in [0.1, 0.15) is 6.92 Å². The SMILES string of the molecule is CCNC(=O)Nc1ccc(Oc2ccc3nc(NC(=O)OC)[nH]c3c2)cc1. The highest BCUT2D eigenvalue weighted by Crippen LogP contribution is 2.26. The summed E-state index contributed by atoms with van der Waals surface area (Å²) in [6.45, 7) is 2.40. The molecule has 0 fully saturated rings. The molecule has 9 nitrogen and oxygen atoms in total. The lowest BCUT2D eigenvalue weighted by Gasteiger charge is -2.08. The second-order valence-corrected chi connectivity index (χ2v) is 5.49. The molecule has 0 unspecified atom stereocenters. The van der Waals surface area contributed by atoms with Gasteiger partial charge in [-0.15, -0.1) is 0 Å². The largest absolute Gasteiger partial charge is 0.457 e. The van der Waals surface area contributed by atoms with E-state index in [-0.39, 0.29) is 12.0 Å². The Morgan fingerprint density at radius 1 is 1.07 bits per heavy atom. The van der Waals surface area contributed by atoms with Crippen molar-refractivity contribution in [3.05, 3.63) is 42.5 Å². The van der Waals surface area contributed by atoms with Crippen molar-refractivity contribution in [2.45, 2.75) is 6.92 Å². The lowest BCUT2D eigenvalue weighted by Crippen LogP contribution is -2.28. The average molecular weight is 369 g/mol. The highest BCUT2D eigenvalue weighted by atomic mass is 16.5. The molecule has 27 heavy (non-hydrogen) atoms. The molecule has 0 bridgehead atoms. The maximum Gasteiger partial charge on any atom is 0.413 e. The van der Waals surface area contributed by atoms with Crippen LogP contribution < -0.4 is 20.7 Å². The normalized spacial score (nSPS) is 10.3. The molecule has 4 N–H and O–H groups in total. The predicted octanol–water partition coefficient (Wildman–Crippen LogP) is 3.67. The molecule has 9 heteroatoms. The summed E-state index contributed by atoms with van der Waals surface area (Å²) in [5.74, 6) is 1.50. The lowest BCUT2D eigenvalue weighted by atomic mass is 10.3. The smallest absolute Gasteiger partial charge is 0.413 e. The Hall–Kier alpha value is -3.75. The average Bonchev–Trinajstić information content (AvgIpc) is 3.05. The number of fused-ring (bicyclic) bond motifs is 1. The van der Waals surface area contributed by atoms with Crippen molar-refractivity contribution in [2.24, 2.45) is 0 Å². The maximum absolute atomic E-state index is 11.5. The Labute approximate surface area is 155 Å². The van der Waals surface area contributed by atoms with E-state index < -0.39 is 6.09 Å². The van der Waals surface area contributed by atoms with Gasteiger partial charge >= 0.3 is 12.1 Å². The zero-order valence-corrected chi connectivity index (χ0v) is 14.8. The molecule has 0 aliphatic heterocycles. The topological polar surface area (TPSA) is 117 Å². The van der Waals surface area contributed by atoms with E-state index in [0.717, 1.165) is 0 Å². The summed E-state index contributed by atoms with van der Waals surface area (Å²) >= 11 is 0. The number of amides is 3. The van der Waals surface area contributed by atoms with E-state index in [2.05, 4.69) is 30.7 Å². The molecule has 2 aromatic carbocycles. The second kappa shape index (κ2) is 8.09. The van der Waals surface area contributed by atoms with Crippen molar-refractivity contribution in [2.75, 3.05) is 24.3 Å². The third-order valence-corrected chi connectivity index (χ3v) is 3.54. The van der Waals surface area contributed by atoms with Crippen LogP contribution in [0.2, 0.25) is 0 Å². The molecule has 3 aromatic rings. The van der Waals surface area contributed by atoms with Gasteiger partial charge in [0.2, 0.25) is 5.95 Å². The number of aromatic nitrogens is 2. The van der Waals surface area contributed by atoms with Gasteiger partial charge in [0.25, 0.3) is 0 Å². The molecule has 140 valence electrons. The molecule has 1 aromatic heterocycles. The number of anilines is 2. The van der Waals surface area contributed by atoms with Crippen molar-refractivity contribution in [3.8, 4) is 11.5 Å². The first-order valence-corrected chi connectivity index (χ1v) is 8.25. The second-order valence-electron chi connectivity index (χ2n) is 5.49. The Morgan fingerprint density at radius 3 is 2.52 bits per heavy atom. The van der Waals surface area contributed by atoms with E-state index in [0.29, 0.717) is 34.8 Å². The minimum absolute atomic E-state index is 0.257. The first-order chi connectivity index (χ1) is 13.1. The maximum atomic E-state index is 11.5. The third-order valence-electron chi connectivity index (χ3n) is 3.54. The van der Waals surface area contributed by atoms with E-state index in [1.807, 2.05) is 6.92 Å². The van der Waals surface area contributed by atoms with E-state index >= 15 is 0 Å². The van der Waals surface area contributed by atoms with Gasteiger partial charge in [-0.05, 0) is 43.3 Å². The Bertz CT molecular complexity index is 952. The monoisotopic (exact) mass is 369 g/mol. The van der Waals surface area contributed by atoms with Gasteiger partial charge in [0.05, 0.1) is 18.1 Å². The first kappa shape index (κ1) is 18.1. The molecule has 3 amide bonds. The molecule has 0 aliphatic rings. The van der Waals surface area contributed by atoms with Crippen LogP contribution in [0.3, 0.4) is 0 Å². The third kappa shape index (κ3) is 4.66. The molecular formula is C18H19N5O4. The summed E-state index contributed by atoms with van der Waals surface area (Å²) in [6.07, 6.45) is -0.605. The van der Waals surface area contributed by atoms with Crippen molar-refractivity contribution in [3.63, 3.8) is 0 Å². The van der Waals surface area contributed by atoms with Gasteiger partial charge in [0.1, 0.15) is 11.5 Å². The Morgan fingerprint density at radius 2 is 1.81 bits per heavy atom. The fourth-order valence-corrected chi connectivity index (χ4v) is 2.34. The zero-order chi connectivity index (χ0) is 19.2. The Kier molecular flexibility index (Phi) is 5.41. The number of nitrogens with zero attached hydrogens (tertiary/aromatic N) is 1. The number of ether oxygens (including phenoxy) is 2. The molecule has 1 heterocycles. The van der Waals surface area contributed by atoms with Crippen LogP contribution in [0.4, 0.5) is 21.2 Å². The van der Waals surface area contributed by atoms with Gasteiger partial charge in [-0.2, -0.15) is 0 Å². The highest BCUT2D eigenvalue weighted by Gasteiger charge is 2.08. The number of nitrogens with one attached hydrogen (secondary N) is 4. The van der Waals surface area contributed by atoms with E-state index in [9.17, 15) is 9.59 Å². The number of methoxy groups -OCH3 is 1. The van der Waals surface area contributed by atoms with Gasteiger partial charge in [0, 0.05) is 18.3 Å². The number of imidazole rings is 1. The van der Waals surface area contributed by atoms with Gasteiger partial charge in [-0.25, -0.2) is 14.6 Å². The van der Waals surface area contributed by atoms with Gasteiger partial charge in [-0.3, -0.25) is 5.32 Å². The molecule has 0 saturated carbocycles. The molecule has 0 aliphatic carbocycles. The lowest BCUT2D eigenvalue weighted by molar-refractivity contribution is 0.186. The van der Waals surface area contributed by atoms with Crippen LogP contribution in [0, 0.1) is 0 Å². The summed E-state index contributed by atoms with van der Waals surface area (Å²) in [4.78, 5) is 30.0. The highest BCUT2D eigenvalue weighted by molar-refractivity contribution is 5.89. The quantitative estimate of drug-likeness (QED) is 0.547. The van der Waals surface area contributed by atoms with Crippen LogP contribution in [0.5, 0.6) is 11.5 Å². The molecule has 3 rings (SSSR count). The summed E-state index contributed by atoms with van der Waals surface area (Å²) in [6, 6.07) is 12.1. The van der Waals surface area contributed by atoms with Crippen molar-refractivity contribution < 1.29 is 19.1 Å². The van der Waals surface area contributed by atoms with Gasteiger partial charge < -0.3 is 25.1 Å². The van der Waals surface area contributed by atoms with Crippen LogP contribution in [-0.2, 0) is 4.74 Å². The van der Waals surface area contributed by atoms with Gasteiger partial charge in [-0.1, -0.05) is 0 Å². The molecule has 0 saturated heterocycles. The van der Waals surface area contributed by atoms with Crippen molar-refractivity contribution >= 4 is 34.8 Å². The van der Waals surface area contributed by atoms with E-state index in [1.165, 1.54) is 7.11 Å². The van der Waals surface area contributed by atoms with Crippen LogP contribution in [0.15, 0.2) is 42.5 Å². The minimum Gasteiger partial charge on any atom is -0.457 e. The minimum atomic E-state index is -0.605. The Balaban J connectivity index is 1.68. The predicted molar refractivity (Wildman–Crippen MR) is 101 cm³/mol. The summed E-state index contributed by atoms with van der Waals surface area (Å²) in [7, 11) is 1.28. The zero-order valence-electron chi connectivity index (χ0n) is 14.8. The van der Waals surface area contributed by atoms with Crippen LogP contribution in [-0.4, -0.2) is 35.7 Å². The number of hydrogen-bond acceptors (Lipinski definition) is 5. The number of aromatic amines is 1. The van der Waals surface area contributed by atoms with E-state index in [4.69, 9.17) is 4.74 Å². The number of rotatable bonds is 5. The van der Waals surface area contributed by atoms with Crippen molar-refractivity contribution in [1.29, 1.82) is 0 Å².